The van der Waals surface area contributed by atoms with Gasteiger partial charge in [0.05, 0.1) is 15.6 Å². The summed E-state index contributed by atoms with van der Waals surface area (Å²) in [5.74, 6) is -0.729. The van der Waals surface area contributed by atoms with Gasteiger partial charge in [0.2, 0.25) is 0 Å². The van der Waals surface area contributed by atoms with Crippen LogP contribution in [0.15, 0.2) is 42.5 Å². The number of esters is 1. The van der Waals surface area contributed by atoms with Gasteiger partial charge in [0.1, 0.15) is 6.10 Å². The fraction of sp³-hybridized carbons (Fsp3) is 0.286. The number of anilines is 1. The van der Waals surface area contributed by atoms with E-state index in [0.29, 0.717) is 21.8 Å². The van der Waals surface area contributed by atoms with Crippen LogP contribution in [-0.4, -0.2) is 23.1 Å². The summed E-state index contributed by atoms with van der Waals surface area (Å²) in [4.78, 5) is 24.5. The van der Waals surface area contributed by atoms with Crippen molar-refractivity contribution in [2.24, 2.45) is 0 Å². The normalized spacial score (nSPS) is 14.1. The van der Waals surface area contributed by atoms with E-state index in [1.54, 1.807) is 36.4 Å². The number of hydrogen-bond donors (Lipinski definition) is 2. The van der Waals surface area contributed by atoms with Gasteiger partial charge in [-0.25, -0.2) is 4.79 Å². The second-order valence-corrected chi connectivity index (χ2v) is 8.00. The number of ether oxygens (including phenoxy) is 1. The van der Waals surface area contributed by atoms with E-state index < -0.39 is 5.91 Å². The lowest BCUT2D eigenvalue weighted by Crippen LogP contribution is -2.34. The predicted octanol–water partition coefficient (Wildman–Crippen LogP) is 5.61. The van der Waals surface area contributed by atoms with E-state index in [9.17, 15) is 9.59 Å². The first kappa shape index (κ1) is 21.6. The van der Waals surface area contributed by atoms with Gasteiger partial charge in [-0.05, 0) is 80.4 Å². The van der Waals surface area contributed by atoms with Gasteiger partial charge in [-0.3, -0.25) is 10.1 Å². The van der Waals surface area contributed by atoms with Crippen molar-refractivity contribution in [3.05, 3.63) is 63.6 Å². The highest BCUT2D eigenvalue weighted by molar-refractivity contribution is 7.80. The molecule has 0 unspecified atom stereocenters. The monoisotopic (exact) mass is 450 g/mol. The first-order valence-electron chi connectivity index (χ1n) is 9.31. The third-order valence-electron chi connectivity index (χ3n) is 4.61. The molecule has 0 heterocycles. The van der Waals surface area contributed by atoms with Crippen molar-refractivity contribution in [2.75, 3.05) is 5.32 Å². The Balaban J connectivity index is 1.53. The van der Waals surface area contributed by atoms with Crippen molar-refractivity contribution in [3.8, 4) is 0 Å². The van der Waals surface area contributed by atoms with Crippen molar-refractivity contribution < 1.29 is 14.3 Å². The van der Waals surface area contributed by atoms with Gasteiger partial charge in [0, 0.05) is 11.3 Å². The number of thiocarbonyl (C=S) groups is 1. The van der Waals surface area contributed by atoms with Gasteiger partial charge in [-0.15, -0.1) is 0 Å². The van der Waals surface area contributed by atoms with E-state index in [-0.39, 0.29) is 22.2 Å². The number of rotatable bonds is 4. The summed E-state index contributed by atoms with van der Waals surface area (Å²) < 4.78 is 5.56. The molecule has 0 bridgehead atoms. The fourth-order valence-electron chi connectivity index (χ4n) is 3.07. The summed E-state index contributed by atoms with van der Waals surface area (Å²) in [7, 11) is 0. The molecule has 0 aromatic heterocycles. The van der Waals surface area contributed by atoms with Crippen LogP contribution in [0.3, 0.4) is 0 Å². The minimum atomic E-state index is -0.409. The number of halogens is 2. The van der Waals surface area contributed by atoms with Crippen LogP contribution >= 0.6 is 35.4 Å². The lowest BCUT2D eigenvalue weighted by molar-refractivity contribution is 0.0211. The molecule has 2 N–H and O–H groups in total. The van der Waals surface area contributed by atoms with Crippen molar-refractivity contribution >= 4 is 58.1 Å². The van der Waals surface area contributed by atoms with E-state index in [4.69, 9.17) is 40.2 Å². The molecule has 0 aliphatic heterocycles. The van der Waals surface area contributed by atoms with Crippen molar-refractivity contribution in [1.29, 1.82) is 0 Å². The first-order chi connectivity index (χ1) is 13.9. The maximum absolute atomic E-state index is 12.3. The zero-order valence-electron chi connectivity index (χ0n) is 15.5. The van der Waals surface area contributed by atoms with E-state index in [2.05, 4.69) is 10.6 Å². The molecule has 1 aliphatic rings. The Morgan fingerprint density at radius 3 is 2.24 bits per heavy atom. The maximum Gasteiger partial charge on any atom is 0.338 e. The van der Waals surface area contributed by atoms with Crippen LogP contribution in [0.5, 0.6) is 0 Å². The molecule has 1 aliphatic carbocycles. The highest BCUT2D eigenvalue weighted by Crippen LogP contribution is 2.23. The zero-order chi connectivity index (χ0) is 20.8. The Hall–Kier alpha value is -2.15. The minimum Gasteiger partial charge on any atom is -0.459 e. The molecule has 1 saturated carbocycles. The molecule has 2 aromatic carbocycles. The lowest BCUT2D eigenvalue weighted by Gasteiger charge is -2.21. The van der Waals surface area contributed by atoms with Crippen molar-refractivity contribution in [1.82, 2.24) is 5.32 Å². The SMILES string of the molecule is O=C(NC(=S)Nc1ccc(C(=O)OC2CCCCC2)cc1)c1ccc(Cl)c(Cl)c1. The molecule has 29 heavy (non-hydrogen) atoms. The quantitative estimate of drug-likeness (QED) is 0.467. The predicted molar refractivity (Wildman–Crippen MR) is 119 cm³/mol. The summed E-state index contributed by atoms with van der Waals surface area (Å²) in [6.07, 6.45) is 5.28. The number of benzene rings is 2. The van der Waals surface area contributed by atoms with Crippen LogP contribution in [-0.2, 0) is 4.74 Å². The summed E-state index contributed by atoms with van der Waals surface area (Å²) in [5.41, 5.74) is 1.45. The largest absolute Gasteiger partial charge is 0.459 e. The molecule has 5 nitrogen and oxygen atoms in total. The number of carbonyl (C=O) groups is 2. The number of hydrogen-bond acceptors (Lipinski definition) is 4. The fourth-order valence-corrected chi connectivity index (χ4v) is 3.58. The molecule has 2 aromatic rings. The summed E-state index contributed by atoms with van der Waals surface area (Å²) in [6.45, 7) is 0. The van der Waals surface area contributed by atoms with Gasteiger partial charge < -0.3 is 10.1 Å². The molecule has 8 heteroatoms. The van der Waals surface area contributed by atoms with Crippen LogP contribution < -0.4 is 10.6 Å². The third-order valence-corrected chi connectivity index (χ3v) is 5.56. The van der Waals surface area contributed by atoms with Crippen LogP contribution in [0.1, 0.15) is 52.8 Å². The Bertz CT molecular complexity index is 913. The smallest absolute Gasteiger partial charge is 0.338 e. The topological polar surface area (TPSA) is 67.4 Å². The second-order valence-electron chi connectivity index (χ2n) is 6.78. The van der Waals surface area contributed by atoms with E-state index in [1.165, 1.54) is 12.5 Å². The molecule has 152 valence electrons. The maximum atomic E-state index is 12.3. The van der Waals surface area contributed by atoms with Gasteiger partial charge >= 0.3 is 5.97 Å². The van der Waals surface area contributed by atoms with Gasteiger partial charge in [-0.2, -0.15) is 0 Å². The van der Waals surface area contributed by atoms with Crippen molar-refractivity contribution in [2.45, 2.75) is 38.2 Å². The molecule has 3 rings (SSSR count). The second kappa shape index (κ2) is 10.1. The van der Waals surface area contributed by atoms with Gasteiger partial charge in [0.15, 0.2) is 5.11 Å². The lowest BCUT2D eigenvalue weighted by atomic mass is 9.98. The summed E-state index contributed by atoms with van der Waals surface area (Å²) >= 11 is 17.0. The molecule has 1 amide bonds. The summed E-state index contributed by atoms with van der Waals surface area (Å²) in [5, 5.41) is 6.25. The highest BCUT2D eigenvalue weighted by Gasteiger charge is 2.18. The Labute approximate surface area is 184 Å². The van der Waals surface area contributed by atoms with Crippen LogP contribution in [0, 0.1) is 0 Å². The highest BCUT2D eigenvalue weighted by atomic mass is 35.5. The first-order valence-corrected chi connectivity index (χ1v) is 10.5. The summed E-state index contributed by atoms with van der Waals surface area (Å²) in [6, 6.07) is 11.3. The van der Waals surface area contributed by atoms with E-state index in [1.807, 2.05) is 0 Å². The molecule has 0 saturated heterocycles. The Morgan fingerprint density at radius 1 is 0.931 bits per heavy atom. The average Bonchev–Trinajstić information content (AvgIpc) is 2.71. The van der Waals surface area contributed by atoms with Gasteiger partial charge in [0.25, 0.3) is 5.91 Å². The average molecular weight is 451 g/mol. The molecule has 0 spiro atoms. The van der Waals surface area contributed by atoms with Gasteiger partial charge in [-0.1, -0.05) is 29.6 Å². The molecule has 0 atom stereocenters. The minimum absolute atomic E-state index is 0.0122. The Morgan fingerprint density at radius 2 is 1.59 bits per heavy atom. The number of amides is 1. The van der Waals surface area contributed by atoms with Crippen LogP contribution in [0.25, 0.3) is 0 Å². The van der Waals surface area contributed by atoms with Crippen LogP contribution in [0.4, 0.5) is 5.69 Å². The van der Waals surface area contributed by atoms with E-state index in [0.717, 1.165) is 25.7 Å². The Kier molecular flexibility index (Phi) is 7.47. The number of carbonyl (C=O) groups excluding carboxylic acids is 2. The molecule has 1 fully saturated rings. The molecule has 0 radical (unpaired) electrons. The number of nitrogens with one attached hydrogen (secondary N) is 2. The van der Waals surface area contributed by atoms with E-state index >= 15 is 0 Å². The van der Waals surface area contributed by atoms with Crippen LogP contribution in [0.2, 0.25) is 10.0 Å². The molecular weight excluding hydrogens is 431 g/mol. The standard InChI is InChI=1S/C21H20Cl2N2O3S/c22-17-11-8-14(12-18(17)23)19(26)25-21(29)24-15-9-6-13(7-10-15)20(27)28-16-4-2-1-3-5-16/h6-12,16H,1-5H2,(H2,24,25,26,29). The zero-order valence-corrected chi connectivity index (χ0v) is 17.9. The molecular formula is C21H20Cl2N2O3S. The van der Waals surface area contributed by atoms with Crippen molar-refractivity contribution in [3.63, 3.8) is 0 Å². The third kappa shape index (κ3) is 6.16.